The number of unbranched alkanes of at least 4 members (excludes halogenated alkanes) is 15. The molecule has 0 aliphatic carbocycles. The van der Waals surface area contributed by atoms with E-state index in [1.54, 1.807) is 0 Å². The van der Waals surface area contributed by atoms with E-state index < -0.39 is 7.25 Å². The minimum atomic E-state index is -6.00. The van der Waals surface area contributed by atoms with Gasteiger partial charge in [0.25, 0.3) is 21.2 Å². The van der Waals surface area contributed by atoms with E-state index in [0.717, 1.165) is 12.4 Å². The molecule has 0 amide bonds. The van der Waals surface area contributed by atoms with Crippen LogP contribution in [0.4, 0.5) is 17.3 Å². The average molecular weight is 678 g/mol. The highest BCUT2D eigenvalue weighted by atomic mass is 127. The van der Waals surface area contributed by atoms with Gasteiger partial charge in [0.1, 0.15) is 10.2 Å². The van der Waals surface area contributed by atoms with Crippen molar-refractivity contribution in [3.63, 3.8) is 0 Å². The molecule has 0 bridgehead atoms. The molecule has 0 unspecified atom stereocenters. The highest BCUT2D eigenvalue weighted by molar-refractivity contribution is 6.50. The zero-order chi connectivity index (χ0) is 29.2. The second-order valence-corrected chi connectivity index (χ2v) is 13.5. The van der Waals surface area contributed by atoms with Gasteiger partial charge >= 0.3 is 7.25 Å². The maximum atomic E-state index is 9.75. The van der Waals surface area contributed by atoms with Gasteiger partial charge in [-0.15, -0.1) is 0 Å². The Hall–Kier alpha value is -1.25. The minimum absolute atomic E-state index is 0.253. The van der Waals surface area contributed by atoms with E-state index in [1.807, 2.05) is 0 Å². The van der Waals surface area contributed by atoms with Crippen LogP contribution in [0.2, 0.25) is 0 Å². The Labute approximate surface area is 252 Å². The summed E-state index contributed by atoms with van der Waals surface area (Å²) < 4.78 is 47.6. The van der Waals surface area contributed by atoms with Gasteiger partial charge in [0.2, 0.25) is 0 Å². The quantitative estimate of drug-likeness (QED) is 0.0377. The second-order valence-electron chi connectivity index (χ2n) is 10.5. The number of hydrogen-bond acceptors (Lipinski definition) is 1. The normalized spacial score (nSPS) is 11.2. The van der Waals surface area contributed by atoms with Crippen molar-refractivity contribution in [2.75, 3.05) is 11.0 Å². The van der Waals surface area contributed by atoms with Crippen LogP contribution in [0.25, 0.3) is 0 Å². The molecule has 0 N–H and O–H groups in total. The summed E-state index contributed by atoms with van der Waals surface area (Å²) >= 11 is 0.253. The molecule has 1 nitrogen and oxygen atoms in total. The molecule has 0 aromatic heterocycles. The van der Waals surface area contributed by atoms with Gasteiger partial charge in [-0.2, -0.15) is 0 Å². The van der Waals surface area contributed by atoms with Crippen molar-refractivity contribution < 1.29 is 43.2 Å². The molecule has 2 aromatic carbocycles. The third-order valence-electron chi connectivity index (χ3n) is 6.80. The van der Waals surface area contributed by atoms with Gasteiger partial charge in [-0.3, -0.25) is 0 Å². The molecule has 0 heterocycles. The van der Waals surface area contributed by atoms with Crippen LogP contribution in [0.1, 0.15) is 121 Å². The predicted molar refractivity (Wildman–Crippen MR) is 160 cm³/mol. The topological polar surface area (TPSA) is 9.23 Å². The zero-order valence-electron chi connectivity index (χ0n) is 24.7. The van der Waals surface area contributed by atoms with Crippen molar-refractivity contribution in [2.45, 2.75) is 121 Å². The lowest BCUT2D eigenvalue weighted by molar-refractivity contribution is -0.670. The van der Waals surface area contributed by atoms with Gasteiger partial charge in [-0.05, 0) is 29.7 Å². The Balaban J connectivity index is 0.00000146. The molecule has 2 aromatic rings. The SMILES string of the molecule is CCCCCCCCCCCCCCCCCCOc1ccc(CC[I+]Cc2ccccc2)cc1.F[B-](F)(F)F. The van der Waals surface area contributed by atoms with Crippen LogP contribution in [-0.2, 0) is 10.8 Å². The Kier molecular flexibility index (Phi) is 23.4. The van der Waals surface area contributed by atoms with Crippen LogP contribution >= 0.6 is 0 Å². The van der Waals surface area contributed by atoms with Gasteiger partial charge < -0.3 is 22.0 Å². The van der Waals surface area contributed by atoms with Crippen molar-refractivity contribution in [3.8, 4) is 5.75 Å². The lowest BCUT2D eigenvalue weighted by atomic mass is 10.0. The summed E-state index contributed by atoms with van der Waals surface area (Å²) in [6, 6.07) is 19.8. The lowest BCUT2D eigenvalue weighted by Crippen LogP contribution is -3.62. The fraction of sp³-hybridized carbons (Fsp3) is 0.636. The van der Waals surface area contributed by atoms with Crippen molar-refractivity contribution >= 4 is 7.25 Å². The maximum Gasteiger partial charge on any atom is 0.673 e. The van der Waals surface area contributed by atoms with E-state index >= 15 is 0 Å². The largest absolute Gasteiger partial charge is 0.673 e. The molecule has 0 atom stereocenters. The molecule has 0 fully saturated rings. The number of rotatable bonds is 23. The third kappa shape index (κ3) is 25.7. The van der Waals surface area contributed by atoms with Gasteiger partial charge in [0.15, 0.2) is 4.43 Å². The first-order chi connectivity index (χ1) is 19.4. The van der Waals surface area contributed by atoms with Gasteiger partial charge in [-0.25, -0.2) is 0 Å². The highest BCUT2D eigenvalue weighted by Crippen LogP contribution is 2.15. The average Bonchev–Trinajstić information content (AvgIpc) is 2.93. The molecule has 2 rings (SSSR count). The summed E-state index contributed by atoms with van der Waals surface area (Å²) in [6.07, 6.45) is 23.8. The molecular weight excluding hydrogens is 626 g/mol. The molecule has 0 spiro atoms. The standard InChI is InChI=1S/C33H52IO.BF4/c1-2-3-4-5-6-7-8-9-10-11-12-13-14-15-16-20-29-35-33-25-23-31(24-26-33)27-28-34-30-32-21-18-17-19-22-32;2-1(3,4)5/h17-19,21-26H,2-16,20,27-30H2,1H3;/q+1;-1. The number of hydrogen-bond donors (Lipinski definition) is 0. The zero-order valence-corrected chi connectivity index (χ0v) is 26.9. The summed E-state index contributed by atoms with van der Waals surface area (Å²) in [6.45, 7) is 3.16. The monoisotopic (exact) mass is 678 g/mol. The Bertz CT molecular complexity index is 796. The first-order valence-electron chi connectivity index (χ1n) is 15.5. The Morgan fingerprint density at radius 1 is 0.575 bits per heavy atom. The molecule has 0 radical (unpaired) electrons. The number of halogens is 5. The fourth-order valence-electron chi connectivity index (χ4n) is 4.51. The van der Waals surface area contributed by atoms with Crippen molar-refractivity contribution in [1.82, 2.24) is 0 Å². The van der Waals surface area contributed by atoms with Crippen LogP contribution in [0.15, 0.2) is 54.6 Å². The molecule has 228 valence electrons. The summed E-state index contributed by atoms with van der Waals surface area (Å²) in [4.78, 5) is 0. The maximum absolute atomic E-state index is 9.75. The van der Waals surface area contributed by atoms with Gasteiger partial charge in [0.05, 0.1) is 6.61 Å². The van der Waals surface area contributed by atoms with E-state index in [9.17, 15) is 17.3 Å². The van der Waals surface area contributed by atoms with Crippen molar-refractivity contribution in [2.24, 2.45) is 0 Å². The van der Waals surface area contributed by atoms with Gasteiger partial charge in [0, 0.05) is 6.42 Å². The fourth-order valence-corrected chi connectivity index (χ4v) is 7.03. The predicted octanol–water partition coefficient (Wildman–Crippen LogP) is 8.46. The number of aryl methyl sites for hydroxylation is 1. The molecule has 0 saturated heterocycles. The number of ether oxygens (including phenoxy) is 1. The minimum Gasteiger partial charge on any atom is -0.494 e. The third-order valence-corrected chi connectivity index (χ3v) is 9.52. The van der Waals surface area contributed by atoms with Crippen LogP contribution in [0.3, 0.4) is 0 Å². The number of alkyl halides is 2. The van der Waals surface area contributed by atoms with E-state index in [0.29, 0.717) is 0 Å². The van der Waals surface area contributed by atoms with E-state index in [1.165, 1.54) is 129 Å². The molecule has 7 heteroatoms. The smallest absolute Gasteiger partial charge is 0.494 e. The van der Waals surface area contributed by atoms with E-state index in [-0.39, 0.29) is 21.2 Å². The van der Waals surface area contributed by atoms with Crippen LogP contribution in [0.5, 0.6) is 5.75 Å². The molecule has 0 aliphatic rings. The van der Waals surface area contributed by atoms with E-state index in [2.05, 4.69) is 61.5 Å². The Morgan fingerprint density at radius 2 is 1.02 bits per heavy atom. The van der Waals surface area contributed by atoms with Crippen molar-refractivity contribution in [3.05, 3.63) is 65.7 Å². The molecular formula is C33H52BF4IO. The summed E-state index contributed by atoms with van der Waals surface area (Å²) in [5.41, 5.74) is 2.95. The summed E-state index contributed by atoms with van der Waals surface area (Å²) in [7, 11) is -6.00. The van der Waals surface area contributed by atoms with Crippen LogP contribution in [0, 0.1) is 0 Å². The molecule has 40 heavy (non-hydrogen) atoms. The Morgan fingerprint density at radius 3 is 1.50 bits per heavy atom. The first kappa shape index (κ1) is 36.8. The summed E-state index contributed by atoms with van der Waals surface area (Å²) in [5.74, 6) is 1.04. The van der Waals surface area contributed by atoms with E-state index in [4.69, 9.17) is 4.74 Å². The first-order valence-corrected chi connectivity index (χ1v) is 18.6. The van der Waals surface area contributed by atoms with Crippen molar-refractivity contribution in [1.29, 1.82) is 0 Å². The van der Waals surface area contributed by atoms with Crippen LogP contribution in [-0.4, -0.2) is 18.3 Å². The summed E-state index contributed by atoms with van der Waals surface area (Å²) in [5, 5.41) is 0. The molecule has 0 saturated carbocycles. The number of benzene rings is 2. The lowest BCUT2D eigenvalue weighted by Gasteiger charge is -2.07. The van der Waals surface area contributed by atoms with Crippen LogP contribution < -0.4 is 25.9 Å². The van der Waals surface area contributed by atoms with Gasteiger partial charge in [-0.1, -0.05) is 146 Å². The second kappa shape index (κ2) is 25.5. The molecule has 0 aliphatic heterocycles. The highest BCUT2D eigenvalue weighted by Gasteiger charge is 2.20.